The Balaban J connectivity index is 2.07. The molecule has 0 aliphatic carbocycles. The van der Waals surface area contributed by atoms with E-state index in [0.29, 0.717) is 6.04 Å². The van der Waals surface area contributed by atoms with Crippen LogP contribution in [-0.4, -0.2) is 37.7 Å². The Kier molecular flexibility index (Phi) is 4.02. The van der Waals surface area contributed by atoms with Gasteiger partial charge in [-0.15, -0.1) is 0 Å². The molecule has 1 heterocycles. The molecule has 3 heteroatoms. The molecule has 17 heavy (non-hydrogen) atoms. The van der Waals surface area contributed by atoms with E-state index in [0.717, 1.165) is 31.9 Å². The van der Waals surface area contributed by atoms with Crippen LogP contribution in [0.5, 0.6) is 5.75 Å². The molecule has 1 aliphatic rings. The van der Waals surface area contributed by atoms with Crippen molar-refractivity contribution >= 4 is 0 Å². The van der Waals surface area contributed by atoms with Gasteiger partial charge in [0.25, 0.3) is 0 Å². The second-order valence-electron chi connectivity index (χ2n) is 4.83. The number of hydrogen-bond acceptors (Lipinski definition) is 3. The van der Waals surface area contributed by atoms with E-state index >= 15 is 0 Å². The van der Waals surface area contributed by atoms with E-state index in [-0.39, 0.29) is 0 Å². The Labute approximate surface area is 104 Å². The van der Waals surface area contributed by atoms with Gasteiger partial charge in [0.2, 0.25) is 0 Å². The van der Waals surface area contributed by atoms with Crippen molar-refractivity contribution in [2.45, 2.75) is 26.4 Å². The fourth-order valence-corrected chi connectivity index (χ4v) is 2.32. The number of methoxy groups -OCH3 is 1. The average Bonchev–Trinajstić information content (AvgIpc) is 2.34. The van der Waals surface area contributed by atoms with Gasteiger partial charge >= 0.3 is 0 Å². The predicted molar refractivity (Wildman–Crippen MR) is 70.5 cm³/mol. The van der Waals surface area contributed by atoms with Crippen LogP contribution in [-0.2, 0) is 6.54 Å². The minimum absolute atomic E-state index is 0.607. The monoisotopic (exact) mass is 234 g/mol. The molecule has 1 saturated heterocycles. The zero-order valence-corrected chi connectivity index (χ0v) is 11.0. The second kappa shape index (κ2) is 5.52. The third-order valence-corrected chi connectivity index (χ3v) is 3.50. The lowest BCUT2D eigenvalue weighted by Gasteiger charge is -2.34. The van der Waals surface area contributed by atoms with E-state index in [1.165, 1.54) is 11.1 Å². The molecule has 0 radical (unpaired) electrons. The van der Waals surface area contributed by atoms with Crippen molar-refractivity contribution in [1.82, 2.24) is 10.2 Å². The zero-order chi connectivity index (χ0) is 12.3. The highest BCUT2D eigenvalue weighted by Crippen LogP contribution is 2.20. The molecule has 1 aromatic carbocycles. The highest BCUT2D eigenvalue weighted by atomic mass is 16.5. The van der Waals surface area contributed by atoms with E-state index in [9.17, 15) is 0 Å². The Morgan fingerprint density at radius 1 is 1.47 bits per heavy atom. The van der Waals surface area contributed by atoms with Crippen LogP contribution in [0.2, 0.25) is 0 Å². The van der Waals surface area contributed by atoms with Gasteiger partial charge in [-0.2, -0.15) is 0 Å². The minimum atomic E-state index is 0.607. The summed E-state index contributed by atoms with van der Waals surface area (Å²) in [7, 11) is 1.74. The summed E-state index contributed by atoms with van der Waals surface area (Å²) >= 11 is 0. The lowest BCUT2D eigenvalue weighted by molar-refractivity contribution is 0.165. The molecular formula is C14H22N2O. The van der Waals surface area contributed by atoms with Crippen LogP contribution in [0, 0.1) is 6.92 Å². The maximum Gasteiger partial charge on any atom is 0.122 e. The largest absolute Gasteiger partial charge is 0.496 e. The van der Waals surface area contributed by atoms with Crippen LogP contribution >= 0.6 is 0 Å². The molecule has 0 amide bonds. The predicted octanol–water partition coefficient (Wildman–Crippen LogP) is 1.80. The van der Waals surface area contributed by atoms with Crippen molar-refractivity contribution in [3.63, 3.8) is 0 Å². The molecule has 94 valence electrons. The van der Waals surface area contributed by atoms with Gasteiger partial charge in [0.1, 0.15) is 5.75 Å². The second-order valence-corrected chi connectivity index (χ2v) is 4.83. The topological polar surface area (TPSA) is 24.5 Å². The smallest absolute Gasteiger partial charge is 0.122 e. The van der Waals surface area contributed by atoms with Crippen molar-refractivity contribution in [3.8, 4) is 5.75 Å². The number of ether oxygens (including phenoxy) is 1. The van der Waals surface area contributed by atoms with Crippen molar-refractivity contribution in [2.75, 3.05) is 26.7 Å². The summed E-state index contributed by atoms with van der Waals surface area (Å²) < 4.78 is 5.37. The maximum absolute atomic E-state index is 5.37. The van der Waals surface area contributed by atoms with Gasteiger partial charge in [-0.25, -0.2) is 0 Å². The fraction of sp³-hybridized carbons (Fsp3) is 0.571. The minimum Gasteiger partial charge on any atom is -0.496 e. The molecule has 1 aliphatic heterocycles. The van der Waals surface area contributed by atoms with Gasteiger partial charge in [0, 0.05) is 32.2 Å². The van der Waals surface area contributed by atoms with Gasteiger partial charge in [0.05, 0.1) is 7.11 Å². The number of nitrogens with one attached hydrogen (secondary N) is 1. The first kappa shape index (κ1) is 12.4. The number of nitrogens with zero attached hydrogens (tertiary/aromatic N) is 1. The summed E-state index contributed by atoms with van der Waals surface area (Å²) in [6.07, 6.45) is 0. The molecule has 1 aromatic rings. The average molecular weight is 234 g/mol. The first-order valence-electron chi connectivity index (χ1n) is 6.29. The van der Waals surface area contributed by atoms with Crippen molar-refractivity contribution < 1.29 is 4.74 Å². The Hall–Kier alpha value is -1.06. The Morgan fingerprint density at radius 3 is 3.00 bits per heavy atom. The SMILES string of the molecule is COc1cc(CN2CCNC[C@@H]2C)ccc1C. The molecule has 0 bridgehead atoms. The molecule has 2 rings (SSSR count). The molecule has 0 unspecified atom stereocenters. The fourth-order valence-electron chi connectivity index (χ4n) is 2.32. The van der Waals surface area contributed by atoms with Gasteiger partial charge in [-0.05, 0) is 31.0 Å². The maximum atomic E-state index is 5.37. The van der Waals surface area contributed by atoms with E-state index in [1.807, 2.05) is 0 Å². The van der Waals surface area contributed by atoms with Gasteiger partial charge < -0.3 is 10.1 Å². The third kappa shape index (κ3) is 2.99. The van der Waals surface area contributed by atoms with Crippen LogP contribution in [0.1, 0.15) is 18.1 Å². The number of hydrogen-bond donors (Lipinski definition) is 1. The lowest BCUT2D eigenvalue weighted by Crippen LogP contribution is -2.49. The third-order valence-electron chi connectivity index (χ3n) is 3.50. The summed E-state index contributed by atoms with van der Waals surface area (Å²) in [6.45, 7) is 8.67. The van der Waals surface area contributed by atoms with Crippen LogP contribution in [0.3, 0.4) is 0 Å². The Morgan fingerprint density at radius 2 is 2.29 bits per heavy atom. The van der Waals surface area contributed by atoms with E-state index < -0.39 is 0 Å². The number of rotatable bonds is 3. The number of piperazine rings is 1. The van der Waals surface area contributed by atoms with Gasteiger partial charge in [-0.1, -0.05) is 12.1 Å². The number of benzene rings is 1. The lowest BCUT2D eigenvalue weighted by atomic mass is 10.1. The number of aryl methyl sites for hydroxylation is 1. The van der Waals surface area contributed by atoms with Gasteiger partial charge in [0.15, 0.2) is 0 Å². The molecule has 1 atom stereocenters. The van der Waals surface area contributed by atoms with Crippen molar-refractivity contribution in [3.05, 3.63) is 29.3 Å². The first-order chi connectivity index (χ1) is 8.20. The molecule has 0 saturated carbocycles. The molecular weight excluding hydrogens is 212 g/mol. The molecule has 0 aromatic heterocycles. The molecule has 1 N–H and O–H groups in total. The molecule has 3 nitrogen and oxygen atoms in total. The van der Waals surface area contributed by atoms with Crippen molar-refractivity contribution in [1.29, 1.82) is 0 Å². The van der Waals surface area contributed by atoms with Crippen LogP contribution in [0.4, 0.5) is 0 Å². The first-order valence-corrected chi connectivity index (χ1v) is 6.29. The standard InChI is InChI=1S/C14H22N2O/c1-11-4-5-13(8-14(11)17-3)10-16-7-6-15-9-12(16)2/h4-5,8,12,15H,6-7,9-10H2,1-3H3/t12-/m0/s1. The van der Waals surface area contributed by atoms with E-state index in [4.69, 9.17) is 4.74 Å². The Bertz CT molecular complexity index is 378. The van der Waals surface area contributed by atoms with E-state index in [1.54, 1.807) is 7.11 Å². The normalized spacial score (nSPS) is 21.5. The molecule has 0 spiro atoms. The van der Waals surface area contributed by atoms with Crippen molar-refractivity contribution in [2.24, 2.45) is 0 Å². The van der Waals surface area contributed by atoms with E-state index in [2.05, 4.69) is 42.3 Å². The zero-order valence-electron chi connectivity index (χ0n) is 11.0. The summed E-state index contributed by atoms with van der Waals surface area (Å²) in [5.74, 6) is 0.991. The summed E-state index contributed by atoms with van der Waals surface area (Å²) in [5, 5.41) is 3.42. The van der Waals surface area contributed by atoms with Crippen LogP contribution in [0.15, 0.2) is 18.2 Å². The summed E-state index contributed by atoms with van der Waals surface area (Å²) in [5.41, 5.74) is 2.53. The van der Waals surface area contributed by atoms with Gasteiger partial charge in [-0.3, -0.25) is 4.90 Å². The quantitative estimate of drug-likeness (QED) is 0.863. The highest BCUT2D eigenvalue weighted by Gasteiger charge is 2.17. The van der Waals surface area contributed by atoms with Crippen LogP contribution in [0.25, 0.3) is 0 Å². The highest BCUT2D eigenvalue weighted by molar-refractivity contribution is 5.36. The van der Waals surface area contributed by atoms with Crippen LogP contribution < -0.4 is 10.1 Å². The summed E-state index contributed by atoms with van der Waals surface area (Å²) in [4.78, 5) is 2.51. The molecule has 1 fully saturated rings. The summed E-state index contributed by atoms with van der Waals surface area (Å²) in [6, 6.07) is 7.11.